The SMILES string of the molecule is COc1ccc(C=CC(=O)c2cc(-c3cc(C)cc(C)c3)ccc2OCCN(C)C)c(F)c1. The Morgan fingerprint density at radius 3 is 2.33 bits per heavy atom. The first kappa shape index (κ1) is 24.2. The van der Waals surface area contributed by atoms with Crippen LogP contribution in [0.5, 0.6) is 11.5 Å². The number of allylic oxidation sites excluding steroid dienone is 1. The average molecular weight is 448 g/mol. The number of ether oxygens (including phenoxy) is 2. The van der Waals surface area contributed by atoms with Crippen LogP contribution in [0, 0.1) is 19.7 Å². The van der Waals surface area contributed by atoms with E-state index in [2.05, 4.69) is 18.2 Å². The molecule has 0 N–H and O–H groups in total. The lowest BCUT2D eigenvalue weighted by Crippen LogP contribution is -2.20. The van der Waals surface area contributed by atoms with Crippen LogP contribution >= 0.6 is 0 Å². The van der Waals surface area contributed by atoms with Gasteiger partial charge in [0.15, 0.2) is 5.78 Å². The maximum Gasteiger partial charge on any atom is 0.189 e. The zero-order chi connectivity index (χ0) is 24.0. The quantitative estimate of drug-likeness (QED) is 0.300. The Morgan fingerprint density at radius 2 is 1.70 bits per heavy atom. The maximum atomic E-state index is 14.3. The molecule has 0 aliphatic heterocycles. The number of benzene rings is 3. The van der Waals surface area contributed by atoms with Gasteiger partial charge >= 0.3 is 0 Å². The second kappa shape index (κ2) is 10.9. The smallest absolute Gasteiger partial charge is 0.189 e. The molecule has 4 nitrogen and oxygen atoms in total. The summed E-state index contributed by atoms with van der Waals surface area (Å²) in [6.07, 6.45) is 2.86. The molecule has 0 heterocycles. The van der Waals surface area contributed by atoms with Gasteiger partial charge < -0.3 is 14.4 Å². The Labute approximate surface area is 195 Å². The molecule has 0 aromatic heterocycles. The molecule has 0 atom stereocenters. The minimum absolute atomic E-state index is 0.253. The van der Waals surface area contributed by atoms with Gasteiger partial charge in [-0.05, 0) is 75.5 Å². The van der Waals surface area contributed by atoms with E-state index >= 15 is 0 Å². The Bertz CT molecular complexity index is 1150. The van der Waals surface area contributed by atoms with Crippen molar-refractivity contribution in [2.75, 3.05) is 34.4 Å². The number of nitrogens with zero attached hydrogens (tertiary/aromatic N) is 1. The van der Waals surface area contributed by atoms with Crippen LogP contribution in [-0.4, -0.2) is 45.0 Å². The molecule has 0 spiro atoms. The van der Waals surface area contributed by atoms with Crippen molar-refractivity contribution in [3.63, 3.8) is 0 Å². The molecular formula is C28H30FNO3. The lowest BCUT2D eigenvalue weighted by atomic mass is 9.97. The van der Waals surface area contributed by atoms with E-state index in [1.54, 1.807) is 12.1 Å². The standard InChI is InChI=1S/C28H30FNO3/c1-19-14-20(2)16-23(15-19)22-8-11-28(33-13-12-30(3)4)25(17-22)27(31)10-7-21-6-9-24(32-5)18-26(21)29/h6-11,14-18H,12-13H2,1-5H3. The molecule has 0 aliphatic carbocycles. The number of ketones is 1. The second-order valence-electron chi connectivity index (χ2n) is 8.32. The Morgan fingerprint density at radius 1 is 0.970 bits per heavy atom. The van der Waals surface area contributed by atoms with Crippen LogP contribution < -0.4 is 9.47 Å². The van der Waals surface area contributed by atoms with Crippen LogP contribution in [0.25, 0.3) is 17.2 Å². The van der Waals surface area contributed by atoms with Gasteiger partial charge in [-0.3, -0.25) is 4.79 Å². The molecule has 3 rings (SSSR count). The topological polar surface area (TPSA) is 38.8 Å². The van der Waals surface area contributed by atoms with Gasteiger partial charge in [0.2, 0.25) is 0 Å². The Kier molecular flexibility index (Phi) is 8.01. The summed E-state index contributed by atoms with van der Waals surface area (Å²) in [5.41, 5.74) is 5.01. The first-order valence-corrected chi connectivity index (χ1v) is 10.8. The largest absolute Gasteiger partial charge is 0.497 e. The van der Waals surface area contributed by atoms with Crippen LogP contribution in [0.1, 0.15) is 27.0 Å². The molecule has 3 aromatic rings. The number of halogens is 1. The molecule has 33 heavy (non-hydrogen) atoms. The van der Waals surface area contributed by atoms with E-state index in [4.69, 9.17) is 9.47 Å². The fourth-order valence-electron chi connectivity index (χ4n) is 3.53. The zero-order valence-corrected chi connectivity index (χ0v) is 19.8. The van der Waals surface area contributed by atoms with Gasteiger partial charge in [-0.25, -0.2) is 4.39 Å². The first-order chi connectivity index (χ1) is 15.8. The van der Waals surface area contributed by atoms with Crippen molar-refractivity contribution in [1.82, 2.24) is 4.90 Å². The second-order valence-corrected chi connectivity index (χ2v) is 8.32. The molecule has 0 unspecified atom stereocenters. The monoisotopic (exact) mass is 447 g/mol. The van der Waals surface area contributed by atoms with Gasteiger partial charge in [-0.15, -0.1) is 0 Å². The summed E-state index contributed by atoms with van der Waals surface area (Å²) in [7, 11) is 5.41. The number of hydrogen-bond donors (Lipinski definition) is 0. The van der Waals surface area contributed by atoms with E-state index in [0.29, 0.717) is 29.2 Å². The molecular weight excluding hydrogens is 417 g/mol. The van der Waals surface area contributed by atoms with Gasteiger partial charge in [0, 0.05) is 18.2 Å². The highest BCUT2D eigenvalue weighted by Crippen LogP contribution is 2.29. The van der Waals surface area contributed by atoms with Gasteiger partial charge in [-0.2, -0.15) is 0 Å². The summed E-state index contributed by atoms with van der Waals surface area (Å²) in [6.45, 7) is 5.27. The van der Waals surface area contributed by atoms with Crippen molar-refractivity contribution in [2.45, 2.75) is 13.8 Å². The summed E-state index contributed by atoms with van der Waals surface area (Å²) in [5, 5.41) is 0. The molecule has 0 fully saturated rings. The summed E-state index contributed by atoms with van der Waals surface area (Å²) in [6, 6.07) is 16.5. The van der Waals surface area contributed by atoms with E-state index in [9.17, 15) is 9.18 Å². The predicted octanol–water partition coefficient (Wildman–Crippen LogP) is 5.95. The van der Waals surface area contributed by atoms with Gasteiger partial charge in [-0.1, -0.05) is 35.4 Å². The summed E-state index contributed by atoms with van der Waals surface area (Å²) in [5.74, 6) is 0.227. The number of carbonyl (C=O) groups excluding carboxylic acids is 1. The Balaban J connectivity index is 1.95. The molecule has 5 heteroatoms. The van der Waals surface area contributed by atoms with Gasteiger partial charge in [0.05, 0.1) is 12.7 Å². The predicted molar refractivity (Wildman–Crippen MR) is 132 cm³/mol. The molecule has 3 aromatic carbocycles. The van der Waals surface area contributed by atoms with Crippen LogP contribution in [0.3, 0.4) is 0 Å². The Hall–Kier alpha value is -3.44. The van der Waals surface area contributed by atoms with Crippen LogP contribution in [0.15, 0.2) is 60.7 Å². The van der Waals surface area contributed by atoms with Gasteiger partial charge in [0.1, 0.15) is 23.9 Å². The molecule has 0 amide bonds. The third-order valence-electron chi connectivity index (χ3n) is 5.22. The van der Waals surface area contributed by atoms with E-state index in [0.717, 1.165) is 28.8 Å². The summed E-state index contributed by atoms with van der Waals surface area (Å²) >= 11 is 0. The molecule has 0 saturated heterocycles. The van der Waals surface area contributed by atoms with Crippen molar-refractivity contribution < 1.29 is 18.7 Å². The molecule has 0 saturated carbocycles. The van der Waals surface area contributed by atoms with Crippen LogP contribution in [0.2, 0.25) is 0 Å². The maximum absolute atomic E-state index is 14.3. The van der Waals surface area contributed by atoms with Crippen molar-refractivity contribution in [2.24, 2.45) is 0 Å². The van der Waals surface area contributed by atoms with E-state index < -0.39 is 5.82 Å². The number of likely N-dealkylation sites (N-methyl/N-ethyl adjacent to an activating group) is 1. The minimum atomic E-state index is -0.454. The van der Waals surface area contributed by atoms with E-state index in [1.165, 1.54) is 25.3 Å². The fourth-order valence-corrected chi connectivity index (χ4v) is 3.53. The van der Waals surface area contributed by atoms with Crippen molar-refractivity contribution in [1.29, 1.82) is 0 Å². The number of aryl methyl sites for hydroxylation is 2. The number of hydrogen-bond acceptors (Lipinski definition) is 4. The highest BCUT2D eigenvalue weighted by atomic mass is 19.1. The molecule has 0 aliphatic rings. The third-order valence-corrected chi connectivity index (χ3v) is 5.22. The molecule has 172 valence electrons. The van der Waals surface area contributed by atoms with Crippen LogP contribution in [-0.2, 0) is 0 Å². The zero-order valence-electron chi connectivity index (χ0n) is 19.8. The van der Waals surface area contributed by atoms with Crippen molar-refractivity contribution >= 4 is 11.9 Å². The highest BCUT2D eigenvalue weighted by molar-refractivity contribution is 6.09. The highest BCUT2D eigenvalue weighted by Gasteiger charge is 2.14. The fraction of sp³-hybridized carbons (Fsp3) is 0.250. The van der Waals surface area contributed by atoms with E-state index in [-0.39, 0.29) is 5.78 Å². The van der Waals surface area contributed by atoms with Gasteiger partial charge in [0.25, 0.3) is 0 Å². The summed E-state index contributed by atoms with van der Waals surface area (Å²) < 4.78 is 25.3. The van der Waals surface area contributed by atoms with E-state index in [1.807, 2.05) is 51.0 Å². The lowest BCUT2D eigenvalue weighted by molar-refractivity contribution is 0.104. The number of rotatable bonds is 9. The van der Waals surface area contributed by atoms with Crippen molar-refractivity contribution in [3.05, 3.63) is 88.7 Å². The number of methoxy groups -OCH3 is 1. The lowest BCUT2D eigenvalue weighted by Gasteiger charge is -2.15. The normalized spacial score (nSPS) is 11.2. The third kappa shape index (κ3) is 6.53. The van der Waals surface area contributed by atoms with Crippen molar-refractivity contribution in [3.8, 4) is 22.6 Å². The first-order valence-electron chi connectivity index (χ1n) is 10.8. The summed E-state index contributed by atoms with van der Waals surface area (Å²) in [4.78, 5) is 15.2. The number of carbonyl (C=O) groups is 1. The van der Waals surface area contributed by atoms with Crippen LogP contribution in [0.4, 0.5) is 4.39 Å². The molecule has 0 radical (unpaired) electrons. The minimum Gasteiger partial charge on any atom is -0.497 e. The molecule has 0 bridgehead atoms. The average Bonchev–Trinajstić information content (AvgIpc) is 2.77.